The number of pyridine rings is 1. The molecule has 0 radical (unpaired) electrons. The summed E-state index contributed by atoms with van der Waals surface area (Å²) >= 11 is 0. The van der Waals surface area contributed by atoms with Gasteiger partial charge in [-0.2, -0.15) is 0 Å². The van der Waals surface area contributed by atoms with Crippen LogP contribution in [0.3, 0.4) is 0 Å². The zero-order valence-electron chi connectivity index (χ0n) is 16.0. The van der Waals surface area contributed by atoms with E-state index in [4.69, 9.17) is 0 Å². The maximum Gasteiger partial charge on any atom is 0.573 e. The summed E-state index contributed by atoms with van der Waals surface area (Å²) in [5.74, 6) is -0.595. The molecule has 4 nitrogen and oxygen atoms in total. The topological polar surface area (TPSA) is 30.3 Å². The molecular formula is C21H21F4N3O. The Kier molecular flexibility index (Phi) is 5.21. The minimum Gasteiger partial charge on any atom is -0.406 e. The molecule has 3 heterocycles. The van der Waals surface area contributed by atoms with Crippen LogP contribution in [0.15, 0.2) is 36.7 Å². The number of hydrogen-bond acceptors (Lipinski definition) is 3. The number of nitrogens with zero attached hydrogens (tertiary/aromatic N) is 3. The highest BCUT2D eigenvalue weighted by atomic mass is 19.4. The smallest absolute Gasteiger partial charge is 0.406 e. The molecule has 1 aliphatic heterocycles. The summed E-state index contributed by atoms with van der Waals surface area (Å²) in [5, 5.41) is 0.775. The number of halogens is 4. The predicted molar refractivity (Wildman–Crippen MR) is 101 cm³/mol. The summed E-state index contributed by atoms with van der Waals surface area (Å²) < 4.78 is 57.7. The largest absolute Gasteiger partial charge is 0.573 e. The first kappa shape index (κ1) is 19.7. The van der Waals surface area contributed by atoms with E-state index < -0.39 is 6.36 Å². The zero-order chi connectivity index (χ0) is 20.6. The highest BCUT2D eigenvalue weighted by molar-refractivity contribution is 5.87. The number of likely N-dealkylation sites (N-methyl/N-ethyl adjacent to an activating group) is 1. The van der Waals surface area contributed by atoms with Crippen molar-refractivity contribution in [2.75, 3.05) is 13.1 Å². The molecule has 0 amide bonds. The molecule has 3 aromatic rings. The lowest BCUT2D eigenvalue weighted by Crippen LogP contribution is -2.30. The van der Waals surface area contributed by atoms with Crippen LogP contribution < -0.4 is 4.74 Å². The Balaban J connectivity index is 1.73. The van der Waals surface area contributed by atoms with E-state index in [9.17, 15) is 17.6 Å². The molecular weight excluding hydrogens is 386 g/mol. The minimum absolute atomic E-state index is 0.215. The minimum atomic E-state index is -4.73. The van der Waals surface area contributed by atoms with Crippen molar-refractivity contribution in [2.45, 2.75) is 39.2 Å². The van der Waals surface area contributed by atoms with Gasteiger partial charge in [0.2, 0.25) is 0 Å². The van der Waals surface area contributed by atoms with Crippen molar-refractivity contribution >= 4 is 10.9 Å². The average molecular weight is 407 g/mol. The van der Waals surface area contributed by atoms with Crippen molar-refractivity contribution in [3.8, 4) is 5.75 Å². The molecule has 0 saturated carbocycles. The Morgan fingerprint density at radius 2 is 2.00 bits per heavy atom. The molecule has 0 aliphatic carbocycles. The SMILES string of the molecule is CCN1CCc2c(c3cc(OC(F)(F)F)ccc3n2CCc2cncc(F)c2)C1. The predicted octanol–water partition coefficient (Wildman–Crippen LogP) is 4.69. The van der Waals surface area contributed by atoms with Gasteiger partial charge in [0.05, 0.1) is 6.20 Å². The van der Waals surface area contributed by atoms with E-state index in [0.717, 1.165) is 53.4 Å². The highest BCUT2D eigenvalue weighted by Gasteiger charge is 2.32. The third kappa shape index (κ3) is 4.22. The van der Waals surface area contributed by atoms with Gasteiger partial charge in [0.15, 0.2) is 0 Å². The second-order valence-corrected chi connectivity index (χ2v) is 7.18. The number of aryl methyl sites for hydroxylation is 2. The molecule has 1 aromatic carbocycles. The van der Waals surface area contributed by atoms with E-state index >= 15 is 0 Å². The lowest BCUT2D eigenvalue weighted by molar-refractivity contribution is -0.274. The number of rotatable bonds is 5. The second-order valence-electron chi connectivity index (χ2n) is 7.18. The highest BCUT2D eigenvalue weighted by Crippen LogP contribution is 2.35. The molecule has 8 heteroatoms. The summed E-state index contributed by atoms with van der Waals surface area (Å²) in [5.41, 5.74) is 3.81. The average Bonchev–Trinajstić information content (AvgIpc) is 2.97. The van der Waals surface area contributed by atoms with Gasteiger partial charge in [-0.25, -0.2) is 4.39 Å². The molecule has 4 rings (SSSR count). The summed E-state index contributed by atoms with van der Waals surface area (Å²) in [6.45, 7) is 5.13. The lowest BCUT2D eigenvalue weighted by Gasteiger charge is -2.27. The fraction of sp³-hybridized carbons (Fsp3) is 0.381. The molecule has 29 heavy (non-hydrogen) atoms. The molecule has 0 atom stereocenters. The Hall–Kier alpha value is -2.61. The van der Waals surface area contributed by atoms with Crippen LogP contribution in [0.2, 0.25) is 0 Å². The molecule has 0 spiro atoms. The van der Waals surface area contributed by atoms with Crippen molar-refractivity contribution < 1.29 is 22.3 Å². The Morgan fingerprint density at radius 3 is 2.72 bits per heavy atom. The third-order valence-corrected chi connectivity index (χ3v) is 5.37. The van der Waals surface area contributed by atoms with Crippen molar-refractivity contribution in [2.24, 2.45) is 0 Å². The van der Waals surface area contributed by atoms with Gasteiger partial charge < -0.3 is 9.30 Å². The number of aromatic nitrogens is 2. The van der Waals surface area contributed by atoms with Crippen molar-refractivity contribution in [1.29, 1.82) is 0 Å². The van der Waals surface area contributed by atoms with Crippen LogP contribution >= 0.6 is 0 Å². The van der Waals surface area contributed by atoms with E-state index in [-0.39, 0.29) is 11.6 Å². The molecule has 2 aromatic heterocycles. The van der Waals surface area contributed by atoms with Crippen LogP contribution in [0.1, 0.15) is 23.7 Å². The van der Waals surface area contributed by atoms with Gasteiger partial charge in [-0.1, -0.05) is 6.92 Å². The second kappa shape index (κ2) is 7.67. The van der Waals surface area contributed by atoms with Crippen LogP contribution in [0, 0.1) is 5.82 Å². The number of benzene rings is 1. The first-order valence-corrected chi connectivity index (χ1v) is 9.55. The van der Waals surface area contributed by atoms with E-state index in [2.05, 4.69) is 26.1 Å². The third-order valence-electron chi connectivity index (χ3n) is 5.37. The Labute approximate surface area is 165 Å². The summed E-state index contributed by atoms with van der Waals surface area (Å²) in [7, 11) is 0. The van der Waals surface area contributed by atoms with E-state index in [1.165, 1.54) is 18.2 Å². The van der Waals surface area contributed by atoms with Gasteiger partial charge in [-0.05, 0) is 48.4 Å². The van der Waals surface area contributed by atoms with Gasteiger partial charge in [0, 0.05) is 48.8 Å². The monoisotopic (exact) mass is 407 g/mol. The molecule has 0 N–H and O–H groups in total. The van der Waals surface area contributed by atoms with Gasteiger partial charge in [0.25, 0.3) is 0 Å². The maximum absolute atomic E-state index is 13.4. The van der Waals surface area contributed by atoms with Gasteiger partial charge in [-0.3, -0.25) is 9.88 Å². The number of ether oxygens (including phenoxy) is 1. The first-order valence-electron chi connectivity index (χ1n) is 9.55. The van der Waals surface area contributed by atoms with Crippen molar-refractivity contribution in [3.05, 3.63) is 59.3 Å². The number of fused-ring (bicyclic) bond motifs is 3. The van der Waals surface area contributed by atoms with Gasteiger partial charge in [0.1, 0.15) is 11.6 Å². The molecule has 0 saturated heterocycles. The standard InChI is InChI=1S/C21H21F4N3O/c1-2-27-7-6-20-18(13-27)17-10-16(29-21(23,24)25)3-4-19(17)28(20)8-5-14-9-15(22)12-26-11-14/h3-4,9-12H,2,5-8,13H2,1H3. The number of hydrogen-bond donors (Lipinski definition) is 0. The first-order chi connectivity index (χ1) is 13.8. The quantitative estimate of drug-likeness (QED) is 0.575. The molecule has 0 unspecified atom stereocenters. The fourth-order valence-electron chi connectivity index (χ4n) is 4.04. The summed E-state index contributed by atoms with van der Waals surface area (Å²) in [6.07, 6.45) is -0.530. The zero-order valence-corrected chi connectivity index (χ0v) is 16.0. The normalized spacial score (nSPS) is 14.9. The van der Waals surface area contributed by atoms with E-state index in [0.29, 0.717) is 19.5 Å². The van der Waals surface area contributed by atoms with Crippen molar-refractivity contribution in [3.63, 3.8) is 0 Å². The maximum atomic E-state index is 13.4. The van der Waals surface area contributed by atoms with Crippen LogP contribution in [0.5, 0.6) is 5.75 Å². The van der Waals surface area contributed by atoms with Crippen LogP contribution in [-0.4, -0.2) is 33.9 Å². The molecule has 154 valence electrons. The van der Waals surface area contributed by atoms with Gasteiger partial charge in [-0.15, -0.1) is 13.2 Å². The van der Waals surface area contributed by atoms with Crippen molar-refractivity contribution in [1.82, 2.24) is 14.5 Å². The van der Waals surface area contributed by atoms with E-state index in [1.807, 2.05) is 0 Å². The molecule has 0 fully saturated rings. The fourth-order valence-corrected chi connectivity index (χ4v) is 4.04. The Bertz CT molecular complexity index is 1030. The lowest BCUT2D eigenvalue weighted by atomic mass is 10.0. The Morgan fingerprint density at radius 1 is 1.17 bits per heavy atom. The molecule has 0 bridgehead atoms. The van der Waals surface area contributed by atoms with E-state index in [1.54, 1.807) is 12.3 Å². The van der Waals surface area contributed by atoms with Crippen LogP contribution in [0.4, 0.5) is 17.6 Å². The molecule has 1 aliphatic rings. The van der Waals surface area contributed by atoms with Gasteiger partial charge >= 0.3 is 6.36 Å². The van der Waals surface area contributed by atoms with Crippen LogP contribution in [-0.2, 0) is 25.9 Å². The number of alkyl halides is 3. The summed E-state index contributed by atoms with van der Waals surface area (Å²) in [6, 6.07) is 5.95. The van der Waals surface area contributed by atoms with Crippen LogP contribution in [0.25, 0.3) is 10.9 Å². The summed E-state index contributed by atoms with van der Waals surface area (Å²) in [4.78, 5) is 6.15.